The number of rotatable bonds is 1. The summed E-state index contributed by atoms with van der Waals surface area (Å²) in [5.41, 5.74) is -0.261. The van der Waals surface area contributed by atoms with Crippen molar-refractivity contribution in [1.82, 2.24) is 0 Å². The number of Topliss-reactive ketones (excluding diaryl/α,β-unsaturated/α-hetero) is 1. The molecule has 0 aromatic carbocycles. The normalized spacial score (nSPS) is 33.3. The zero-order chi connectivity index (χ0) is 8.77. The number of allylic oxidation sites excluding steroid dienone is 2. The minimum Gasteiger partial charge on any atom is -0.392 e. The molecule has 12 heavy (non-hydrogen) atoms. The molecule has 1 atom stereocenters. The quantitative estimate of drug-likeness (QED) is 0.563. The molecule has 1 unspecified atom stereocenters. The third-order valence-electron chi connectivity index (χ3n) is 1.98. The van der Waals surface area contributed by atoms with Crippen LogP contribution in [-0.2, 0) is 9.53 Å². The van der Waals surface area contributed by atoms with Gasteiger partial charge < -0.3 is 9.84 Å². The van der Waals surface area contributed by atoms with Crippen LogP contribution in [0, 0.1) is 0 Å². The standard InChI is InChI=1S/C8H7IO3/c9-6-1-5(3-10)7(11)8(2-6)4-12-8/h1-2,10H,3-4H2. The number of ketones is 1. The fourth-order valence-electron chi connectivity index (χ4n) is 1.24. The predicted molar refractivity (Wildman–Crippen MR) is 51.0 cm³/mol. The molecular formula is C8H7IO3. The van der Waals surface area contributed by atoms with E-state index < -0.39 is 5.60 Å². The summed E-state index contributed by atoms with van der Waals surface area (Å²) < 4.78 is 6.02. The Morgan fingerprint density at radius 2 is 2.42 bits per heavy atom. The van der Waals surface area contributed by atoms with Crippen molar-refractivity contribution in [2.24, 2.45) is 0 Å². The fourth-order valence-corrected chi connectivity index (χ4v) is 2.12. The summed E-state index contributed by atoms with van der Waals surface area (Å²) in [5.74, 6) is -0.0922. The molecule has 0 bridgehead atoms. The maximum absolute atomic E-state index is 11.5. The Hall–Kier alpha value is -0.200. The third-order valence-corrected chi connectivity index (χ3v) is 2.61. The van der Waals surface area contributed by atoms with Gasteiger partial charge in [0.15, 0.2) is 11.4 Å². The molecule has 0 aromatic heterocycles. The molecule has 2 rings (SSSR count). The van der Waals surface area contributed by atoms with Gasteiger partial charge in [0.25, 0.3) is 0 Å². The van der Waals surface area contributed by atoms with Crippen LogP contribution in [0.3, 0.4) is 0 Å². The molecule has 1 heterocycles. The molecule has 3 nitrogen and oxygen atoms in total. The second-order valence-electron chi connectivity index (χ2n) is 2.86. The lowest BCUT2D eigenvalue weighted by molar-refractivity contribution is -0.119. The van der Waals surface area contributed by atoms with Crippen LogP contribution >= 0.6 is 22.6 Å². The summed E-state index contributed by atoms with van der Waals surface area (Å²) in [7, 11) is 0. The van der Waals surface area contributed by atoms with Crippen molar-refractivity contribution in [2.45, 2.75) is 5.60 Å². The van der Waals surface area contributed by atoms with Gasteiger partial charge >= 0.3 is 0 Å². The first-order valence-corrected chi connectivity index (χ1v) is 4.64. The molecule has 1 N–H and O–H groups in total. The summed E-state index contributed by atoms with van der Waals surface area (Å²) in [6.45, 7) is 0.250. The van der Waals surface area contributed by atoms with Gasteiger partial charge in [-0.15, -0.1) is 0 Å². The van der Waals surface area contributed by atoms with Crippen LogP contribution in [0.25, 0.3) is 0 Å². The summed E-state index contributed by atoms with van der Waals surface area (Å²) in [6.07, 6.45) is 3.49. The van der Waals surface area contributed by atoms with E-state index in [1.807, 2.05) is 0 Å². The first-order chi connectivity index (χ1) is 5.68. The Morgan fingerprint density at radius 3 is 2.92 bits per heavy atom. The number of halogens is 1. The van der Waals surface area contributed by atoms with E-state index >= 15 is 0 Å². The van der Waals surface area contributed by atoms with Gasteiger partial charge in [-0.2, -0.15) is 0 Å². The summed E-state index contributed by atoms with van der Waals surface area (Å²) in [6, 6.07) is 0. The largest absolute Gasteiger partial charge is 0.392 e. The van der Waals surface area contributed by atoms with Crippen LogP contribution in [0.5, 0.6) is 0 Å². The first-order valence-electron chi connectivity index (χ1n) is 3.56. The zero-order valence-corrected chi connectivity index (χ0v) is 8.37. The van der Waals surface area contributed by atoms with Crippen molar-refractivity contribution in [1.29, 1.82) is 0 Å². The molecule has 2 aliphatic rings. The fraction of sp³-hybridized carbons (Fsp3) is 0.375. The minimum absolute atomic E-state index is 0.0922. The maximum Gasteiger partial charge on any atom is 0.199 e. The van der Waals surface area contributed by atoms with E-state index in [2.05, 4.69) is 22.6 Å². The number of hydrogen-bond donors (Lipinski definition) is 1. The lowest BCUT2D eigenvalue weighted by Crippen LogP contribution is -2.28. The van der Waals surface area contributed by atoms with E-state index in [0.717, 1.165) is 3.58 Å². The SMILES string of the molecule is O=C1C(CO)=CC(I)=CC12CO2. The smallest absolute Gasteiger partial charge is 0.199 e. The maximum atomic E-state index is 11.5. The van der Waals surface area contributed by atoms with Crippen molar-refractivity contribution >= 4 is 28.4 Å². The van der Waals surface area contributed by atoms with Crippen molar-refractivity contribution in [3.8, 4) is 0 Å². The van der Waals surface area contributed by atoms with Gasteiger partial charge in [0.1, 0.15) is 0 Å². The Balaban J connectivity index is 2.37. The highest BCUT2D eigenvalue weighted by molar-refractivity contribution is 14.1. The summed E-state index contributed by atoms with van der Waals surface area (Å²) >= 11 is 2.11. The molecule has 0 saturated carbocycles. The van der Waals surface area contributed by atoms with Gasteiger partial charge in [0.2, 0.25) is 0 Å². The second kappa shape index (κ2) is 2.65. The molecule has 64 valence electrons. The van der Waals surface area contributed by atoms with Crippen LogP contribution in [0.1, 0.15) is 0 Å². The van der Waals surface area contributed by atoms with Gasteiger partial charge in [0, 0.05) is 9.15 Å². The van der Waals surface area contributed by atoms with Gasteiger partial charge in [-0.1, -0.05) is 0 Å². The summed E-state index contributed by atoms with van der Waals surface area (Å²) in [4.78, 5) is 11.5. The van der Waals surface area contributed by atoms with E-state index in [1.165, 1.54) is 0 Å². The monoisotopic (exact) mass is 278 g/mol. The predicted octanol–water partition coefficient (Wildman–Crippen LogP) is 0.576. The molecule has 1 aliphatic heterocycles. The number of epoxide rings is 1. The second-order valence-corrected chi connectivity index (χ2v) is 4.11. The first kappa shape index (κ1) is 8.40. The third kappa shape index (κ3) is 1.14. The highest BCUT2D eigenvalue weighted by Gasteiger charge is 2.52. The number of aliphatic hydroxyl groups excluding tert-OH is 1. The lowest BCUT2D eigenvalue weighted by Gasteiger charge is -2.13. The topological polar surface area (TPSA) is 49.8 Å². The van der Waals surface area contributed by atoms with Crippen molar-refractivity contribution in [3.63, 3.8) is 0 Å². The molecule has 0 amide bonds. The Bertz CT molecular complexity index is 299. The van der Waals surface area contributed by atoms with Crippen LogP contribution in [0.4, 0.5) is 0 Å². The molecule has 4 heteroatoms. The molecule has 1 saturated heterocycles. The number of carbonyl (C=O) groups excluding carboxylic acids is 1. The Labute approximate surface area is 83.2 Å². The minimum atomic E-state index is -0.705. The molecular weight excluding hydrogens is 271 g/mol. The number of carbonyl (C=O) groups is 1. The molecule has 1 fully saturated rings. The zero-order valence-electron chi connectivity index (χ0n) is 6.21. The van der Waals surface area contributed by atoms with E-state index in [4.69, 9.17) is 9.84 Å². The lowest BCUT2D eigenvalue weighted by atomic mass is 9.94. The number of aliphatic hydroxyl groups is 1. The Morgan fingerprint density at radius 1 is 1.75 bits per heavy atom. The average molecular weight is 278 g/mol. The van der Waals surface area contributed by atoms with E-state index in [9.17, 15) is 4.79 Å². The van der Waals surface area contributed by atoms with Crippen molar-refractivity contribution in [2.75, 3.05) is 13.2 Å². The highest BCUT2D eigenvalue weighted by atomic mass is 127. The molecule has 1 spiro atoms. The molecule has 0 aromatic rings. The molecule has 1 aliphatic carbocycles. The van der Waals surface area contributed by atoms with Crippen LogP contribution < -0.4 is 0 Å². The average Bonchev–Trinajstić information content (AvgIpc) is 2.78. The Kier molecular flexibility index (Phi) is 1.85. The van der Waals surface area contributed by atoms with E-state index in [1.54, 1.807) is 12.2 Å². The van der Waals surface area contributed by atoms with Crippen LogP contribution in [0.15, 0.2) is 21.3 Å². The van der Waals surface area contributed by atoms with E-state index in [-0.39, 0.29) is 12.4 Å². The van der Waals surface area contributed by atoms with Crippen molar-refractivity contribution in [3.05, 3.63) is 21.3 Å². The van der Waals surface area contributed by atoms with Gasteiger partial charge in [-0.05, 0) is 34.7 Å². The highest BCUT2D eigenvalue weighted by Crippen LogP contribution is 2.38. The van der Waals surface area contributed by atoms with Crippen LogP contribution in [-0.4, -0.2) is 29.7 Å². The number of ether oxygens (including phenoxy) is 1. The van der Waals surface area contributed by atoms with E-state index in [0.29, 0.717) is 12.2 Å². The van der Waals surface area contributed by atoms with Crippen LogP contribution in [0.2, 0.25) is 0 Å². The van der Waals surface area contributed by atoms with Crippen molar-refractivity contribution < 1.29 is 14.6 Å². The van der Waals surface area contributed by atoms with Gasteiger partial charge in [-0.3, -0.25) is 4.79 Å². The van der Waals surface area contributed by atoms with Gasteiger partial charge in [0.05, 0.1) is 13.2 Å². The molecule has 0 radical (unpaired) electrons. The number of hydrogen-bond acceptors (Lipinski definition) is 3. The summed E-state index contributed by atoms with van der Waals surface area (Å²) in [5, 5.41) is 8.86. The van der Waals surface area contributed by atoms with Gasteiger partial charge in [-0.25, -0.2) is 0 Å².